The van der Waals surface area contributed by atoms with Gasteiger partial charge in [0.15, 0.2) is 5.82 Å². The number of hydrazone groups is 1. The fraction of sp³-hybridized carbons (Fsp3) is 0.348. The molecule has 0 aliphatic carbocycles. The number of aromatic nitrogens is 4. The number of aryl methyl sites for hydroxylation is 2. The van der Waals surface area contributed by atoms with Crippen LogP contribution < -0.4 is 4.74 Å². The average Bonchev–Trinajstić information content (AvgIpc) is 3.37. The molecule has 2 aliphatic heterocycles. The van der Waals surface area contributed by atoms with E-state index < -0.39 is 11.6 Å². The van der Waals surface area contributed by atoms with Crippen LogP contribution in [0.3, 0.4) is 0 Å². The Morgan fingerprint density at radius 1 is 1.21 bits per heavy atom. The van der Waals surface area contributed by atoms with Gasteiger partial charge in [-0.05, 0) is 36.2 Å². The maximum atomic E-state index is 14.3. The van der Waals surface area contributed by atoms with E-state index in [1.54, 1.807) is 46.3 Å². The summed E-state index contributed by atoms with van der Waals surface area (Å²) in [6.45, 7) is 2.59. The number of ether oxygens (including phenoxy) is 1. The van der Waals surface area contributed by atoms with E-state index >= 15 is 0 Å². The molecular weight excluding hydrogens is 444 g/mol. The summed E-state index contributed by atoms with van der Waals surface area (Å²) in [7, 11) is 1.79. The summed E-state index contributed by atoms with van der Waals surface area (Å²) in [5, 5.41) is 10.1. The van der Waals surface area contributed by atoms with Crippen LogP contribution in [0.4, 0.5) is 8.78 Å². The first-order valence-corrected chi connectivity index (χ1v) is 10.9. The van der Waals surface area contributed by atoms with Crippen molar-refractivity contribution in [2.75, 3.05) is 19.6 Å². The van der Waals surface area contributed by atoms with Gasteiger partial charge in [0, 0.05) is 25.9 Å². The SMILES string of the molecule is Cc1cnn(C)c1-c1ccc(F)c(OC2CN(C(=O)CN3N=CC[C@H]3c3cncc(F)c3)C2)n1. The molecule has 0 unspecified atom stereocenters. The number of rotatable bonds is 6. The van der Waals surface area contributed by atoms with Crippen molar-refractivity contribution in [3.63, 3.8) is 0 Å². The number of amides is 1. The Bertz CT molecular complexity index is 1240. The first-order valence-electron chi connectivity index (χ1n) is 10.9. The van der Waals surface area contributed by atoms with E-state index in [9.17, 15) is 13.6 Å². The topological polar surface area (TPSA) is 88.7 Å². The van der Waals surface area contributed by atoms with Gasteiger partial charge in [0.2, 0.25) is 5.91 Å². The Hall–Kier alpha value is -3.89. The highest BCUT2D eigenvalue weighted by Crippen LogP contribution is 2.29. The minimum absolute atomic E-state index is 0.0479. The zero-order valence-electron chi connectivity index (χ0n) is 18.7. The van der Waals surface area contributed by atoms with Gasteiger partial charge in [-0.25, -0.2) is 13.8 Å². The Balaban J connectivity index is 1.19. The zero-order chi connectivity index (χ0) is 23.8. The molecule has 1 saturated heterocycles. The second kappa shape index (κ2) is 8.81. The van der Waals surface area contributed by atoms with Gasteiger partial charge in [0.1, 0.15) is 18.5 Å². The minimum Gasteiger partial charge on any atom is -0.468 e. The van der Waals surface area contributed by atoms with Crippen LogP contribution in [0.25, 0.3) is 11.4 Å². The average molecular weight is 467 g/mol. The van der Waals surface area contributed by atoms with E-state index in [0.29, 0.717) is 30.8 Å². The Morgan fingerprint density at radius 2 is 2.03 bits per heavy atom. The van der Waals surface area contributed by atoms with Gasteiger partial charge in [0.25, 0.3) is 5.88 Å². The number of likely N-dealkylation sites (tertiary alicyclic amines) is 1. The van der Waals surface area contributed by atoms with E-state index in [0.717, 1.165) is 17.5 Å². The number of carbonyl (C=O) groups is 1. The predicted octanol–water partition coefficient (Wildman–Crippen LogP) is 2.49. The standard InChI is InChI=1S/C23H23F2N7O2/c1-14-8-28-30(2)22(14)19-4-3-18(25)23(29-19)34-17-11-31(12-17)21(33)13-32-20(5-6-27-32)15-7-16(24)10-26-9-15/h3-4,6-10,17,20H,5,11-13H2,1-2H3/t20-/m0/s1. The predicted molar refractivity (Wildman–Crippen MR) is 119 cm³/mol. The molecule has 0 bridgehead atoms. The molecule has 0 N–H and O–H groups in total. The third kappa shape index (κ3) is 4.20. The number of pyridine rings is 2. The summed E-state index contributed by atoms with van der Waals surface area (Å²) < 4.78 is 35.3. The van der Waals surface area contributed by atoms with Crippen molar-refractivity contribution >= 4 is 12.1 Å². The van der Waals surface area contributed by atoms with Crippen molar-refractivity contribution in [3.05, 3.63) is 59.6 Å². The highest BCUT2D eigenvalue weighted by atomic mass is 19.1. The molecule has 3 aromatic rings. The summed E-state index contributed by atoms with van der Waals surface area (Å²) in [6, 6.07) is 4.07. The summed E-state index contributed by atoms with van der Waals surface area (Å²) in [6.07, 6.45) is 6.35. The maximum Gasteiger partial charge on any atom is 0.251 e. The van der Waals surface area contributed by atoms with Crippen molar-refractivity contribution < 1.29 is 18.3 Å². The van der Waals surface area contributed by atoms with Crippen molar-refractivity contribution in [1.82, 2.24) is 29.7 Å². The summed E-state index contributed by atoms with van der Waals surface area (Å²) >= 11 is 0. The second-order valence-electron chi connectivity index (χ2n) is 8.41. The first-order chi connectivity index (χ1) is 16.4. The molecule has 1 amide bonds. The molecular formula is C23H23F2N7O2. The van der Waals surface area contributed by atoms with Crippen LogP contribution in [0.2, 0.25) is 0 Å². The minimum atomic E-state index is -0.564. The van der Waals surface area contributed by atoms with Crippen LogP contribution in [0.15, 0.2) is 41.9 Å². The molecule has 1 fully saturated rings. The highest BCUT2D eigenvalue weighted by Gasteiger charge is 2.35. The Labute approximate surface area is 194 Å². The summed E-state index contributed by atoms with van der Waals surface area (Å²) in [5.41, 5.74) is 2.93. The number of nitrogens with zero attached hydrogens (tertiary/aromatic N) is 7. The molecule has 0 aromatic carbocycles. The zero-order valence-corrected chi connectivity index (χ0v) is 18.7. The second-order valence-corrected chi connectivity index (χ2v) is 8.41. The summed E-state index contributed by atoms with van der Waals surface area (Å²) in [5.74, 6) is -1.23. The van der Waals surface area contributed by atoms with Crippen LogP contribution in [0.5, 0.6) is 5.88 Å². The van der Waals surface area contributed by atoms with Crippen molar-refractivity contribution in [1.29, 1.82) is 0 Å². The summed E-state index contributed by atoms with van der Waals surface area (Å²) in [4.78, 5) is 22.6. The van der Waals surface area contributed by atoms with Crippen molar-refractivity contribution in [2.24, 2.45) is 12.1 Å². The fourth-order valence-corrected chi connectivity index (χ4v) is 4.19. The molecule has 3 aromatic heterocycles. The molecule has 0 radical (unpaired) electrons. The molecule has 0 spiro atoms. The largest absolute Gasteiger partial charge is 0.468 e. The van der Waals surface area contributed by atoms with E-state index in [1.807, 2.05) is 6.92 Å². The molecule has 11 heteroatoms. The van der Waals surface area contributed by atoms with Gasteiger partial charge in [-0.3, -0.25) is 19.5 Å². The molecule has 1 atom stereocenters. The number of hydrogen-bond acceptors (Lipinski definition) is 7. The van der Waals surface area contributed by atoms with Gasteiger partial charge < -0.3 is 9.64 Å². The molecule has 176 valence electrons. The Morgan fingerprint density at radius 3 is 2.76 bits per heavy atom. The number of hydrogen-bond donors (Lipinski definition) is 0. The molecule has 9 nitrogen and oxygen atoms in total. The van der Waals surface area contributed by atoms with Crippen LogP contribution in [-0.2, 0) is 11.8 Å². The molecule has 34 heavy (non-hydrogen) atoms. The molecule has 2 aliphatic rings. The normalized spacial score (nSPS) is 17.8. The van der Waals surface area contributed by atoms with Gasteiger partial charge in [-0.2, -0.15) is 10.2 Å². The van der Waals surface area contributed by atoms with Crippen molar-refractivity contribution in [3.8, 4) is 17.3 Å². The van der Waals surface area contributed by atoms with Crippen LogP contribution in [-0.4, -0.2) is 67.5 Å². The quantitative estimate of drug-likeness (QED) is 0.554. The van der Waals surface area contributed by atoms with Gasteiger partial charge in [-0.15, -0.1) is 0 Å². The lowest BCUT2D eigenvalue weighted by atomic mass is 10.1. The van der Waals surface area contributed by atoms with E-state index in [2.05, 4.69) is 20.2 Å². The fourth-order valence-electron chi connectivity index (χ4n) is 4.19. The lowest BCUT2D eigenvalue weighted by molar-refractivity contribution is -0.141. The maximum absolute atomic E-state index is 14.3. The van der Waals surface area contributed by atoms with Gasteiger partial charge >= 0.3 is 0 Å². The lowest BCUT2D eigenvalue weighted by Crippen LogP contribution is -2.58. The number of halogens is 2. The van der Waals surface area contributed by atoms with Crippen molar-refractivity contribution in [2.45, 2.75) is 25.5 Å². The first kappa shape index (κ1) is 21.9. The lowest BCUT2D eigenvalue weighted by Gasteiger charge is -2.39. The molecule has 5 rings (SSSR count). The third-order valence-electron chi connectivity index (χ3n) is 5.98. The highest BCUT2D eigenvalue weighted by molar-refractivity contribution is 5.79. The van der Waals surface area contributed by atoms with Gasteiger partial charge in [-0.1, -0.05) is 0 Å². The van der Waals surface area contributed by atoms with E-state index in [4.69, 9.17) is 4.74 Å². The van der Waals surface area contributed by atoms with Crippen LogP contribution in [0.1, 0.15) is 23.6 Å². The molecule has 5 heterocycles. The Kier molecular flexibility index (Phi) is 5.68. The monoisotopic (exact) mass is 467 g/mol. The van der Waals surface area contributed by atoms with Crippen LogP contribution in [0, 0.1) is 18.6 Å². The third-order valence-corrected chi connectivity index (χ3v) is 5.98. The van der Waals surface area contributed by atoms with E-state index in [1.165, 1.54) is 12.1 Å². The van der Waals surface area contributed by atoms with Gasteiger partial charge in [0.05, 0.1) is 42.9 Å². The molecule has 0 saturated carbocycles. The van der Waals surface area contributed by atoms with Crippen LogP contribution >= 0.6 is 0 Å². The smallest absolute Gasteiger partial charge is 0.251 e. The van der Waals surface area contributed by atoms with E-state index in [-0.39, 0.29) is 30.5 Å². The number of carbonyl (C=O) groups excluding carboxylic acids is 1.